The number of amides is 1. The van der Waals surface area contributed by atoms with Crippen LogP contribution < -0.4 is 5.32 Å². The van der Waals surface area contributed by atoms with E-state index in [1.165, 1.54) is 21.6 Å². The monoisotopic (exact) mass is 422 g/mol. The molecule has 0 saturated carbocycles. The van der Waals surface area contributed by atoms with Crippen molar-refractivity contribution in [1.82, 2.24) is 10.3 Å². The number of carbonyl (C=O) groups is 2. The Kier molecular flexibility index (Phi) is 8.09. The number of hydrogen-bond acceptors (Lipinski definition) is 6. The van der Waals surface area contributed by atoms with Gasteiger partial charge in [-0.05, 0) is 29.3 Å². The highest BCUT2D eigenvalue weighted by Gasteiger charge is 2.17. The van der Waals surface area contributed by atoms with Gasteiger partial charge in [-0.3, -0.25) is 4.79 Å². The molecule has 0 spiro atoms. The van der Waals surface area contributed by atoms with Crippen LogP contribution in [0.25, 0.3) is 0 Å². The van der Waals surface area contributed by atoms with Crippen LogP contribution in [0.4, 0.5) is 0 Å². The Labute approximate surface area is 180 Å². The first-order valence-corrected chi connectivity index (χ1v) is 10.7. The summed E-state index contributed by atoms with van der Waals surface area (Å²) in [7, 11) is 2.81. The van der Waals surface area contributed by atoms with Gasteiger partial charge in [0.1, 0.15) is 5.03 Å². The van der Waals surface area contributed by atoms with Gasteiger partial charge in [0.05, 0.1) is 7.98 Å². The lowest BCUT2D eigenvalue weighted by Crippen LogP contribution is -2.31. The van der Waals surface area contributed by atoms with Crippen molar-refractivity contribution < 1.29 is 30.4 Å². The van der Waals surface area contributed by atoms with Crippen LogP contribution in [-0.4, -0.2) is 47.0 Å². The molecule has 8 heteroatoms. The summed E-state index contributed by atoms with van der Waals surface area (Å²) < 4.78 is 69.1. The van der Waals surface area contributed by atoms with Crippen LogP contribution in [0.1, 0.15) is 62.7 Å². The van der Waals surface area contributed by atoms with Crippen LogP contribution >= 0.6 is 21.6 Å². The van der Waals surface area contributed by atoms with Gasteiger partial charge in [0, 0.05) is 34.5 Å². The summed E-state index contributed by atoms with van der Waals surface area (Å²) in [5.41, 5.74) is 0. The van der Waals surface area contributed by atoms with Crippen molar-refractivity contribution in [3.63, 3.8) is 0 Å². The van der Waals surface area contributed by atoms with Gasteiger partial charge in [0.25, 0.3) is 0 Å². The first-order chi connectivity index (χ1) is 16.1. The number of aromatic nitrogens is 1. The normalized spacial score (nSPS) is 20.2. The van der Waals surface area contributed by atoms with E-state index in [9.17, 15) is 14.7 Å². The van der Waals surface area contributed by atoms with Gasteiger partial charge >= 0.3 is 5.97 Å². The zero-order valence-electron chi connectivity index (χ0n) is 23.1. The van der Waals surface area contributed by atoms with Crippen LogP contribution in [0.5, 0.6) is 0 Å². The Balaban J connectivity index is 2.69. The fourth-order valence-corrected chi connectivity index (χ4v) is 3.45. The van der Waals surface area contributed by atoms with Crippen molar-refractivity contribution in [2.24, 2.45) is 0 Å². The second-order valence-corrected chi connectivity index (χ2v) is 7.48. The molecule has 2 N–H and O–H groups in total. The number of nitrogens with zero attached hydrogens (tertiary/aromatic N) is 1. The average Bonchev–Trinajstić information content (AvgIpc) is 2.79. The molecule has 152 valence electrons. The Morgan fingerprint density at radius 3 is 3.00 bits per heavy atom. The molecule has 1 amide bonds. The number of carboxylic acids is 1. The minimum Gasteiger partial charge on any atom is -0.479 e. The highest BCUT2D eigenvalue weighted by molar-refractivity contribution is 8.76. The summed E-state index contributed by atoms with van der Waals surface area (Å²) in [4.78, 5) is 27.9. The zero-order chi connectivity index (χ0) is 26.9. The summed E-state index contributed by atoms with van der Waals surface area (Å²) >= 11 is 0. The third-order valence-electron chi connectivity index (χ3n) is 2.84. The number of rotatable bonds is 16. The van der Waals surface area contributed by atoms with E-state index in [0.29, 0.717) is 12.2 Å². The second kappa shape index (κ2) is 15.8. The quantitative estimate of drug-likeness (QED) is 0.305. The van der Waals surface area contributed by atoms with E-state index >= 15 is 0 Å². The highest BCUT2D eigenvalue weighted by atomic mass is 33.1. The Morgan fingerprint density at radius 1 is 1.44 bits per heavy atom. The molecule has 0 saturated heterocycles. The molecule has 6 nitrogen and oxygen atoms in total. The smallest absolute Gasteiger partial charge is 0.332 e. The van der Waals surface area contributed by atoms with E-state index in [1.807, 2.05) is 12.1 Å². The highest BCUT2D eigenvalue weighted by Crippen LogP contribution is 2.29. The van der Waals surface area contributed by atoms with Gasteiger partial charge in [0.15, 0.2) is 6.08 Å². The van der Waals surface area contributed by atoms with Crippen molar-refractivity contribution >= 4 is 33.5 Å². The number of carboxylic acid groups (broad SMARTS) is 1. The topological polar surface area (TPSA) is 88.5 Å². The molecule has 0 aliphatic rings. The molecule has 1 aromatic heterocycles. The molecule has 1 rings (SSSR count). The molecule has 0 bridgehead atoms. The first kappa shape index (κ1) is 13.8. The van der Waals surface area contributed by atoms with Gasteiger partial charge in [-0.15, -0.1) is 0 Å². The fourth-order valence-electron chi connectivity index (χ4n) is 1.58. The van der Waals surface area contributed by atoms with Gasteiger partial charge in [-0.2, -0.15) is 0 Å². The van der Waals surface area contributed by atoms with Crippen LogP contribution in [0, 0.1) is 0 Å². The van der Waals surface area contributed by atoms with E-state index in [1.54, 1.807) is 19.2 Å². The zero-order valence-corrected chi connectivity index (χ0v) is 16.7. The third kappa shape index (κ3) is 12.7. The maximum atomic E-state index is 12.0. The molecule has 0 aromatic carbocycles. The maximum absolute atomic E-state index is 12.0. The van der Waals surface area contributed by atoms with Crippen molar-refractivity contribution in [2.45, 2.75) is 62.8 Å². The Hall–Kier alpha value is -1.25. The number of hydrogen-bond donors (Lipinski definition) is 2. The van der Waals surface area contributed by atoms with Crippen LogP contribution in [0.3, 0.4) is 0 Å². The maximum Gasteiger partial charge on any atom is 0.332 e. The molecule has 27 heavy (non-hydrogen) atoms. The Bertz CT molecular complexity index is 838. The predicted molar refractivity (Wildman–Crippen MR) is 111 cm³/mol. The molecule has 0 aliphatic heterocycles. The molecule has 1 aromatic rings. The third-order valence-corrected chi connectivity index (χ3v) is 5.11. The predicted octanol–water partition coefficient (Wildman–Crippen LogP) is 4.16. The van der Waals surface area contributed by atoms with E-state index < -0.39 is 44.2 Å². The van der Waals surface area contributed by atoms with Crippen molar-refractivity contribution in [3.05, 3.63) is 24.4 Å². The summed E-state index contributed by atoms with van der Waals surface area (Å²) in [6.45, 7) is 0.742. The second-order valence-electron chi connectivity index (χ2n) is 5.04. The van der Waals surface area contributed by atoms with Gasteiger partial charge in [-0.25, -0.2) is 9.78 Å². The summed E-state index contributed by atoms with van der Waals surface area (Å²) in [5, 5.41) is 12.7. The molecule has 0 radical (unpaired) electrons. The van der Waals surface area contributed by atoms with Crippen molar-refractivity contribution in [1.29, 1.82) is 0 Å². The minimum atomic E-state index is -3.69. The fraction of sp³-hybridized carbons (Fsp3) is 0.632. The molecule has 0 aliphatic carbocycles. The first-order valence-electron chi connectivity index (χ1n) is 12.5. The number of nitrogens with one attached hydrogen (secondary N) is 1. The van der Waals surface area contributed by atoms with Gasteiger partial charge in [-0.1, -0.05) is 55.8 Å². The van der Waals surface area contributed by atoms with Crippen LogP contribution in [0.15, 0.2) is 29.4 Å². The lowest BCUT2D eigenvalue weighted by molar-refractivity contribution is -0.150. The summed E-state index contributed by atoms with van der Waals surface area (Å²) in [6, 6.07) is 5.45. The van der Waals surface area contributed by atoms with Crippen molar-refractivity contribution in [3.8, 4) is 0 Å². The van der Waals surface area contributed by atoms with E-state index in [-0.39, 0.29) is 25.3 Å². The largest absolute Gasteiger partial charge is 0.479 e. The SMILES string of the molecule is [2H]C(CCC)C([2H])([2H])C([2H])([2H])C([2H])([2H])C([2H])(OCCNC(=O)CCSSc1ccccn1)C(=O)O. The van der Waals surface area contributed by atoms with E-state index in [4.69, 9.17) is 15.7 Å². The van der Waals surface area contributed by atoms with Crippen molar-refractivity contribution in [2.75, 3.05) is 18.9 Å². The molecule has 2 unspecified atom stereocenters. The molecular formula is C19H30N2O4S2. The summed E-state index contributed by atoms with van der Waals surface area (Å²) in [6.07, 6.45) is -13.6. The lowest BCUT2D eigenvalue weighted by atomic mass is 10.1. The number of aliphatic carboxylic acids is 1. The molecule has 0 fully saturated rings. The number of ether oxygens (including phenoxy) is 1. The number of carbonyl (C=O) groups excluding carboxylic acids is 1. The van der Waals surface area contributed by atoms with Gasteiger partial charge in [0.2, 0.25) is 5.91 Å². The molecule has 2 atom stereocenters. The van der Waals surface area contributed by atoms with Crippen LogP contribution in [0.2, 0.25) is 0 Å². The number of pyridine rings is 1. The standard InChI is InChI=1S/C19H30N2O4S2/c1-2-3-4-5-6-9-16(19(23)24)25-14-13-20-17(22)11-15-26-27-18-10-7-8-12-21-18/h7-8,10,12,16H,2-6,9,11,13-15H2,1H3,(H,20,22)(H,23,24)/i4D,5D2,6D2,9D2,16D. The Morgan fingerprint density at radius 2 is 2.30 bits per heavy atom. The minimum absolute atomic E-state index is 0.0911. The molecule has 1 heterocycles. The van der Waals surface area contributed by atoms with E-state index in [0.717, 1.165) is 5.03 Å². The molecular weight excluding hydrogens is 384 g/mol. The average molecular weight is 423 g/mol. The summed E-state index contributed by atoms with van der Waals surface area (Å²) in [5.74, 6) is -2.09. The van der Waals surface area contributed by atoms with Crippen LogP contribution in [-0.2, 0) is 14.3 Å². The van der Waals surface area contributed by atoms with E-state index in [2.05, 4.69) is 10.3 Å². The lowest BCUT2D eigenvalue weighted by Gasteiger charge is -2.14. The van der Waals surface area contributed by atoms with Gasteiger partial charge < -0.3 is 15.2 Å².